The molecule has 0 aliphatic carbocycles. The number of nitrogens with zero attached hydrogens (tertiary/aromatic N) is 1. The summed E-state index contributed by atoms with van der Waals surface area (Å²) in [6, 6.07) is 7.05. The van der Waals surface area contributed by atoms with E-state index in [-0.39, 0.29) is 12.4 Å². The van der Waals surface area contributed by atoms with E-state index in [2.05, 4.69) is 4.98 Å². The maximum Gasteiger partial charge on any atom is 0.144 e. The van der Waals surface area contributed by atoms with E-state index in [9.17, 15) is 0 Å². The zero-order chi connectivity index (χ0) is 5.82. The summed E-state index contributed by atoms with van der Waals surface area (Å²) in [7, 11) is 0. The molecule has 0 spiro atoms. The highest BCUT2D eigenvalue weighted by molar-refractivity contribution is 5.85. The summed E-state index contributed by atoms with van der Waals surface area (Å²) in [5.74, 6) is 0. The molecule has 2 nitrogen and oxygen atoms in total. The van der Waals surface area contributed by atoms with Gasteiger partial charge in [0, 0.05) is 6.20 Å². The van der Waals surface area contributed by atoms with E-state index in [1.54, 1.807) is 24.4 Å². The van der Waals surface area contributed by atoms with Gasteiger partial charge in [-0.2, -0.15) is 0 Å². The van der Waals surface area contributed by atoms with Gasteiger partial charge in [-0.3, -0.25) is 5.41 Å². The third kappa shape index (κ3) is 2.82. The molecular formula is C6H7ClN2. The van der Waals surface area contributed by atoms with Crippen LogP contribution in [0.2, 0.25) is 0 Å². The zero-order valence-corrected chi connectivity index (χ0v) is 5.56. The first-order chi connectivity index (χ1) is 3.89. The van der Waals surface area contributed by atoms with Crippen LogP contribution in [0.5, 0.6) is 0 Å². The van der Waals surface area contributed by atoms with E-state index in [1.807, 2.05) is 6.07 Å². The molecule has 9 heavy (non-hydrogen) atoms. The molecule has 0 aliphatic heterocycles. The van der Waals surface area contributed by atoms with Crippen molar-refractivity contribution in [3.8, 4) is 0 Å². The lowest BCUT2D eigenvalue weighted by molar-refractivity contribution is 1.12. The fraction of sp³-hybridized carbons (Fsp3) is 0. The Morgan fingerprint density at radius 1 is 1.22 bits per heavy atom. The molecule has 0 saturated heterocycles. The fourth-order valence-electron chi connectivity index (χ4n) is 0.427. The van der Waals surface area contributed by atoms with Crippen molar-refractivity contribution < 1.29 is 0 Å². The maximum atomic E-state index is 7.00. The summed E-state index contributed by atoms with van der Waals surface area (Å²) in [4.78, 5) is 3.71. The van der Waals surface area contributed by atoms with Crippen LogP contribution in [0, 0.1) is 5.41 Å². The molecule has 1 rings (SSSR count). The zero-order valence-electron chi connectivity index (χ0n) is 4.74. The quantitative estimate of drug-likeness (QED) is 0.576. The minimum atomic E-state index is 0. The third-order valence-corrected chi connectivity index (χ3v) is 0.776. The van der Waals surface area contributed by atoms with E-state index < -0.39 is 0 Å². The summed E-state index contributed by atoms with van der Waals surface area (Å²) < 4.78 is 0. The Morgan fingerprint density at radius 2 is 2.00 bits per heavy atom. The Labute approximate surface area is 59.5 Å². The SMILES string of the molecule is Cl.N=c1cccccn1. The Kier molecular flexibility index (Phi) is 3.64. The maximum absolute atomic E-state index is 7.00. The van der Waals surface area contributed by atoms with Gasteiger partial charge >= 0.3 is 0 Å². The van der Waals surface area contributed by atoms with Crippen LogP contribution in [-0.4, -0.2) is 4.98 Å². The standard InChI is InChI=1S/C6H6N2.ClH/c7-6-4-2-1-3-5-8-6;/h1-5,7H;1H. The third-order valence-electron chi connectivity index (χ3n) is 0.776. The lowest BCUT2D eigenvalue weighted by Crippen LogP contribution is -1.96. The van der Waals surface area contributed by atoms with Crippen molar-refractivity contribution in [2.75, 3.05) is 0 Å². The van der Waals surface area contributed by atoms with Gasteiger partial charge in [-0.1, -0.05) is 12.1 Å². The fourth-order valence-corrected chi connectivity index (χ4v) is 0.427. The second-order valence-corrected chi connectivity index (χ2v) is 1.41. The van der Waals surface area contributed by atoms with E-state index in [4.69, 9.17) is 5.41 Å². The predicted molar refractivity (Wildman–Crippen MR) is 37.3 cm³/mol. The van der Waals surface area contributed by atoms with Crippen LogP contribution >= 0.6 is 12.4 Å². The normalized spacial score (nSPS) is 7.56. The number of halogens is 1. The van der Waals surface area contributed by atoms with Gasteiger partial charge in [0.25, 0.3) is 0 Å². The van der Waals surface area contributed by atoms with Crippen molar-refractivity contribution in [1.82, 2.24) is 4.98 Å². The van der Waals surface area contributed by atoms with E-state index in [1.165, 1.54) is 0 Å². The molecule has 48 valence electrons. The van der Waals surface area contributed by atoms with E-state index >= 15 is 0 Å². The number of aromatic nitrogens is 1. The second-order valence-electron chi connectivity index (χ2n) is 1.41. The molecule has 0 fully saturated rings. The first-order valence-corrected chi connectivity index (χ1v) is 2.35. The molecule has 0 amide bonds. The first kappa shape index (κ1) is 8.11. The van der Waals surface area contributed by atoms with Crippen LogP contribution in [0.25, 0.3) is 0 Å². The van der Waals surface area contributed by atoms with Crippen molar-refractivity contribution in [1.29, 1.82) is 5.41 Å². The minimum absolute atomic E-state index is 0. The highest BCUT2D eigenvalue weighted by Crippen LogP contribution is 1.69. The van der Waals surface area contributed by atoms with Crippen LogP contribution in [0.15, 0.2) is 30.5 Å². The van der Waals surface area contributed by atoms with Crippen LogP contribution in [0.1, 0.15) is 0 Å². The summed E-state index contributed by atoms with van der Waals surface area (Å²) >= 11 is 0. The van der Waals surface area contributed by atoms with Crippen LogP contribution in [0.4, 0.5) is 0 Å². The van der Waals surface area contributed by atoms with Crippen molar-refractivity contribution in [2.45, 2.75) is 0 Å². The molecule has 0 saturated carbocycles. The Hall–Kier alpha value is -0.890. The molecule has 1 aromatic heterocycles. The average Bonchev–Trinajstić information content (AvgIpc) is 1.94. The molecule has 3 heteroatoms. The van der Waals surface area contributed by atoms with Crippen LogP contribution in [-0.2, 0) is 0 Å². The lowest BCUT2D eigenvalue weighted by Gasteiger charge is -1.61. The van der Waals surface area contributed by atoms with Gasteiger partial charge in [-0.05, 0) is 12.1 Å². The van der Waals surface area contributed by atoms with Gasteiger partial charge in [0.15, 0.2) is 0 Å². The highest BCUT2D eigenvalue weighted by Gasteiger charge is 1.66. The van der Waals surface area contributed by atoms with Gasteiger partial charge in [0.2, 0.25) is 0 Å². The molecule has 1 heterocycles. The van der Waals surface area contributed by atoms with Crippen molar-refractivity contribution in [3.63, 3.8) is 0 Å². The van der Waals surface area contributed by atoms with Crippen molar-refractivity contribution in [3.05, 3.63) is 36.0 Å². The molecular weight excluding hydrogens is 136 g/mol. The number of hydrogen-bond donors (Lipinski definition) is 1. The minimum Gasteiger partial charge on any atom is -0.283 e. The smallest absolute Gasteiger partial charge is 0.144 e. The number of hydrogen-bond acceptors (Lipinski definition) is 2. The van der Waals surface area contributed by atoms with Gasteiger partial charge < -0.3 is 0 Å². The summed E-state index contributed by atoms with van der Waals surface area (Å²) in [6.07, 6.45) is 1.60. The summed E-state index contributed by atoms with van der Waals surface area (Å²) in [5, 5.41) is 7.00. The first-order valence-electron chi connectivity index (χ1n) is 2.35. The molecule has 0 bridgehead atoms. The van der Waals surface area contributed by atoms with Gasteiger partial charge in [0.1, 0.15) is 5.49 Å². The topological polar surface area (TPSA) is 36.7 Å². The van der Waals surface area contributed by atoms with Crippen molar-refractivity contribution >= 4 is 12.4 Å². The molecule has 1 aromatic rings. The largest absolute Gasteiger partial charge is 0.283 e. The number of nitrogens with one attached hydrogen (secondary N) is 1. The molecule has 0 radical (unpaired) electrons. The average molecular weight is 143 g/mol. The van der Waals surface area contributed by atoms with Gasteiger partial charge in [-0.25, -0.2) is 4.98 Å². The number of rotatable bonds is 0. The Balaban J connectivity index is 0.000000640. The molecule has 0 unspecified atom stereocenters. The predicted octanol–water partition coefficient (Wildman–Crippen LogP) is 0.983. The monoisotopic (exact) mass is 142 g/mol. The molecule has 0 atom stereocenters. The summed E-state index contributed by atoms with van der Waals surface area (Å²) in [5.41, 5.74) is 0.301. The van der Waals surface area contributed by atoms with E-state index in [0.717, 1.165) is 0 Å². The van der Waals surface area contributed by atoms with Gasteiger partial charge in [-0.15, -0.1) is 12.4 Å². The van der Waals surface area contributed by atoms with Crippen molar-refractivity contribution in [2.24, 2.45) is 0 Å². The van der Waals surface area contributed by atoms with Crippen LogP contribution < -0.4 is 5.49 Å². The van der Waals surface area contributed by atoms with E-state index in [0.29, 0.717) is 5.49 Å². The van der Waals surface area contributed by atoms with Gasteiger partial charge in [0.05, 0.1) is 0 Å². The Bertz CT molecular complexity index is 202. The summed E-state index contributed by atoms with van der Waals surface area (Å²) in [6.45, 7) is 0. The second kappa shape index (κ2) is 4.04. The van der Waals surface area contributed by atoms with Crippen LogP contribution in [0.3, 0.4) is 0 Å². The molecule has 1 N–H and O–H groups in total. The lowest BCUT2D eigenvalue weighted by atomic mass is 10.5. The Morgan fingerprint density at radius 3 is 2.78 bits per heavy atom. The molecule has 0 aliphatic rings. The highest BCUT2D eigenvalue weighted by atomic mass is 35.5. The molecule has 0 aromatic carbocycles.